The molecule has 0 spiro atoms. The molecule has 0 aliphatic carbocycles. The molecule has 0 saturated carbocycles. The van der Waals surface area contributed by atoms with Crippen LogP contribution in [0.3, 0.4) is 0 Å². The normalized spacial score (nSPS) is 15.7. The van der Waals surface area contributed by atoms with Crippen LogP contribution in [0.25, 0.3) is 0 Å². The Morgan fingerprint density at radius 3 is 2.48 bits per heavy atom. The van der Waals surface area contributed by atoms with Crippen LogP contribution in [-0.2, 0) is 27.9 Å². The summed E-state index contributed by atoms with van der Waals surface area (Å²) in [6.07, 6.45) is 1.72. The van der Waals surface area contributed by atoms with Crippen molar-refractivity contribution >= 4 is 15.9 Å². The zero-order valence-electron chi connectivity index (χ0n) is 18.8. The van der Waals surface area contributed by atoms with Crippen LogP contribution in [0.5, 0.6) is 0 Å². The fourth-order valence-electron chi connectivity index (χ4n) is 3.87. The minimum atomic E-state index is -3.63. The van der Waals surface area contributed by atoms with Crippen molar-refractivity contribution in [2.45, 2.75) is 51.7 Å². The average molecular weight is 445 g/mol. The summed E-state index contributed by atoms with van der Waals surface area (Å²) >= 11 is 0. The highest BCUT2D eigenvalue weighted by molar-refractivity contribution is 7.89. The Morgan fingerprint density at radius 2 is 1.81 bits per heavy atom. The molecule has 1 aliphatic rings. The van der Waals surface area contributed by atoms with E-state index in [1.54, 1.807) is 24.4 Å². The number of hydrogen-bond acceptors (Lipinski definition) is 4. The second-order valence-corrected chi connectivity index (χ2v) is 10.3. The maximum atomic E-state index is 13.3. The predicted molar refractivity (Wildman–Crippen MR) is 121 cm³/mol. The van der Waals surface area contributed by atoms with Crippen molar-refractivity contribution in [3.63, 3.8) is 0 Å². The Morgan fingerprint density at radius 1 is 1.13 bits per heavy atom. The standard InChI is InChI=1S/C24H32N2O4S/c1-17-8-10-26(11-9-17)31(28,29)23-14-22(12-18(2)19(23)3)24(27)25-15-20-6-5-7-21(13-20)16-30-4/h5-7,12-14,17H,8-11,15-16H2,1-4H3,(H,25,27). The molecule has 1 N–H and O–H groups in total. The van der Waals surface area contributed by atoms with Gasteiger partial charge in [-0.1, -0.05) is 31.2 Å². The second-order valence-electron chi connectivity index (χ2n) is 8.44. The van der Waals surface area contributed by atoms with Crippen molar-refractivity contribution in [3.8, 4) is 0 Å². The largest absolute Gasteiger partial charge is 0.380 e. The first-order valence-corrected chi connectivity index (χ1v) is 12.1. The number of ether oxygens (including phenoxy) is 1. The maximum absolute atomic E-state index is 13.3. The number of nitrogens with zero attached hydrogens (tertiary/aromatic N) is 1. The highest BCUT2D eigenvalue weighted by Gasteiger charge is 2.30. The Balaban J connectivity index is 1.80. The van der Waals surface area contributed by atoms with Crippen LogP contribution in [0.4, 0.5) is 0 Å². The summed E-state index contributed by atoms with van der Waals surface area (Å²) < 4.78 is 33.3. The van der Waals surface area contributed by atoms with Crippen molar-refractivity contribution in [3.05, 3.63) is 64.2 Å². The number of aryl methyl sites for hydroxylation is 1. The van der Waals surface area contributed by atoms with Gasteiger partial charge in [0.05, 0.1) is 11.5 Å². The minimum Gasteiger partial charge on any atom is -0.380 e. The van der Waals surface area contributed by atoms with Gasteiger partial charge < -0.3 is 10.1 Å². The summed E-state index contributed by atoms with van der Waals surface area (Å²) in [6.45, 7) is 7.71. The molecule has 168 valence electrons. The molecule has 0 unspecified atom stereocenters. The van der Waals surface area contributed by atoms with Crippen LogP contribution in [0.2, 0.25) is 0 Å². The van der Waals surface area contributed by atoms with E-state index in [1.165, 1.54) is 6.07 Å². The second kappa shape index (κ2) is 9.94. The summed E-state index contributed by atoms with van der Waals surface area (Å²) in [6, 6.07) is 11.1. The smallest absolute Gasteiger partial charge is 0.251 e. The van der Waals surface area contributed by atoms with Crippen molar-refractivity contribution in [1.29, 1.82) is 0 Å². The summed E-state index contributed by atoms with van der Waals surface area (Å²) in [7, 11) is -1.99. The highest BCUT2D eigenvalue weighted by Crippen LogP contribution is 2.28. The molecule has 1 saturated heterocycles. The fourth-order valence-corrected chi connectivity index (χ4v) is 5.66. The number of rotatable bonds is 7. The topological polar surface area (TPSA) is 75.7 Å². The van der Waals surface area contributed by atoms with Gasteiger partial charge >= 0.3 is 0 Å². The molecule has 1 amide bonds. The van der Waals surface area contributed by atoms with Crippen LogP contribution < -0.4 is 5.32 Å². The third-order valence-electron chi connectivity index (χ3n) is 6.00. The lowest BCUT2D eigenvalue weighted by Crippen LogP contribution is -2.38. The number of hydrogen-bond donors (Lipinski definition) is 1. The van der Waals surface area contributed by atoms with Crippen LogP contribution >= 0.6 is 0 Å². The third kappa shape index (κ3) is 5.53. The van der Waals surface area contributed by atoms with Gasteiger partial charge in [-0.05, 0) is 67.0 Å². The summed E-state index contributed by atoms with van der Waals surface area (Å²) in [5.41, 5.74) is 3.84. The number of carbonyl (C=O) groups excluding carboxylic acids is 1. The van der Waals surface area contributed by atoms with E-state index in [2.05, 4.69) is 12.2 Å². The van der Waals surface area contributed by atoms with E-state index in [4.69, 9.17) is 4.74 Å². The van der Waals surface area contributed by atoms with E-state index < -0.39 is 10.0 Å². The lowest BCUT2D eigenvalue weighted by atomic mass is 10.0. The first kappa shape index (κ1) is 23.4. The number of benzene rings is 2. The molecule has 0 aromatic heterocycles. The molecule has 0 atom stereocenters. The van der Waals surface area contributed by atoms with Crippen LogP contribution in [0.15, 0.2) is 41.3 Å². The maximum Gasteiger partial charge on any atom is 0.251 e. The number of piperidine rings is 1. The molecule has 1 aliphatic heterocycles. The van der Waals surface area contributed by atoms with E-state index in [-0.39, 0.29) is 10.8 Å². The van der Waals surface area contributed by atoms with E-state index in [0.29, 0.717) is 43.3 Å². The van der Waals surface area contributed by atoms with Crippen molar-refractivity contribution in [2.24, 2.45) is 5.92 Å². The number of nitrogens with one attached hydrogen (secondary N) is 1. The Labute approximate surface area is 185 Å². The monoisotopic (exact) mass is 444 g/mol. The Kier molecular flexibility index (Phi) is 7.51. The quantitative estimate of drug-likeness (QED) is 0.705. The van der Waals surface area contributed by atoms with Gasteiger partial charge in [0.15, 0.2) is 0 Å². The van der Waals surface area contributed by atoms with E-state index >= 15 is 0 Å². The first-order valence-electron chi connectivity index (χ1n) is 10.7. The fraction of sp³-hybridized carbons (Fsp3) is 0.458. The molecular formula is C24H32N2O4S. The summed E-state index contributed by atoms with van der Waals surface area (Å²) in [4.78, 5) is 13.1. The van der Waals surface area contributed by atoms with E-state index in [9.17, 15) is 13.2 Å². The van der Waals surface area contributed by atoms with Gasteiger partial charge in [0.2, 0.25) is 10.0 Å². The third-order valence-corrected chi connectivity index (χ3v) is 8.02. The zero-order valence-corrected chi connectivity index (χ0v) is 19.6. The first-order chi connectivity index (χ1) is 14.7. The van der Waals surface area contributed by atoms with Crippen molar-refractivity contribution in [2.75, 3.05) is 20.2 Å². The Hall–Kier alpha value is -2.22. The number of carbonyl (C=O) groups is 1. The Bertz CT molecular complexity index is 1040. The van der Waals surface area contributed by atoms with Crippen molar-refractivity contribution in [1.82, 2.24) is 9.62 Å². The van der Waals surface area contributed by atoms with E-state index in [1.807, 2.05) is 31.2 Å². The molecule has 31 heavy (non-hydrogen) atoms. The number of methoxy groups -OCH3 is 1. The average Bonchev–Trinajstić information content (AvgIpc) is 2.74. The molecule has 2 aromatic carbocycles. The molecule has 7 heteroatoms. The van der Waals surface area contributed by atoms with Gasteiger partial charge in [-0.3, -0.25) is 4.79 Å². The number of amides is 1. The highest BCUT2D eigenvalue weighted by atomic mass is 32.2. The SMILES string of the molecule is COCc1cccc(CNC(=O)c2cc(C)c(C)c(S(=O)(=O)N3CCC(C)CC3)c2)c1. The van der Waals surface area contributed by atoms with Gasteiger partial charge in [0.1, 0.15) is 0 Å². The van der Waals surface area contributed by atoms with Gasteiger partial charge in [0.25, 0.3) is 5.91 Å². The lowest BCUT2D eigenvalue weighted by Gasteiger charge is -2.30. The minimum absolute atomic E-state index is 0.231. The molecule has 1 heterocycles. The molecule has 6 nitrogen and oxygen atoms in total. The van der Waals surface area contributed by atoms with Gasteiger partial charge in [-0.2, -0.15) is 4.31 Å². The van der Waals surface area contributed by atoms with Crippen LogP contribution in [0, 0.1) is 19.8 Å². The summed E-state index contributed by atoms with van der Waals surface area (Å²) in [5.74, 6) is 0.248. The molecular weight excluding hydrogens is 412 g/mol. The van der Waals surface area contributed by atoms with E-state index in [0.717, 1.165) is 29.5 Å². The predicted octanol–water partition coefficient (Wildman–Crippen LogP) is 3.80. The van der Waals surface area contributed by atoms with Gasteiger partial charge in [-0.15, -0.1) is 0 Å². The summed E-state index contributed by atoms with van der Waals surface area (Å²) in [5, 5.41) is 2.91. The van der Waals surface area contributed by atoms with Crippen LogP contribution in [0.1, 0.15) is 52.4 Å². The zero-order chi connectivity index (χ0) is 22.6. The van der Waals surface area contributed by atoms with Crippen molar-refractivity contribution < 1.29 is 17.9 Å². The molecule has 0 bridgehead atoms. The number of sulfonamides is 1. The van der Waals surface area contributed by atoms with Gasteiger partial charge in [-0.25, -0.2) is 8.42 Å². The molecule has 3 rings (SSSR count). The van der Waals surface area contributed by atoms with Gasteiger partial charge in [0, 0.05) is 32.3 Å². The lowest BCUT2D eigenvalue weighted by molar-refractivity contribution is 0.0950. The molecule has 2 aromatic rings. The van der Waals surface area contributed by atoms with Crippen LogP contribution in [-0.4, -0.2) is 38.8 Å². The molecule has 1 fully saturated rings. The molecule has 0 radical (unpaired) electrons.